The van der Waals surface area contributed by atoms with Crippen molar-refractivity contribution >= 4 is 11.6 Å². The Bertz CT molecular complexity index is 351. The molecule has 1 saturated carbocycles. The SMILES string of the molecule is Clc1ccc(CN2CC3CCC2C3)nn1. The minimum absolute atomic E-state index is 0.474. The summed E-state index contributed by atoms with van der Waals surface area (Å²) in [6.07, 6.45) is 4.18. The lowest BCUT2D eigenvalue weighted by atomic mass is 10.1. The quantitative estimate of drug-likeness (QED) is 0.769. The molecule has 1 aliphatic carbocycles. The standard InChI is InChI=1S/C11H14ClN3/c12-11-4-2-9(13-14-11)7-15-6-8-1-3-10(15)5-8/h2,4,8,10H,1,3,5-7H2. The largest absolute Gasteiger partial charge is 0.294 e. The Kier molecular flexibility index (Phi) is 2.37. The smallest absolute Gasteiger partial charge is 0.151 e. The van der Waals surface area contributed by atoms with E-state index < -0.39 is 0 Å². The van der Waals surface area contributed by atoms with Crippen molar-refractivity contribution in [3.63, 3.8) is 0 Å². The molecule has 0 N–H and O–H groups in total. The minimum Gasteiger partial charge on any atom is -0.294 e. The van der Waals surface area contributed by atoms with Gasteiger partial charge >= 0.3 is 0 Å². The first-order valence-electron chi connectivity index (χ1n) is 5.53. The van der Waals surface area contributed by atoms with Crippen LogP contribution in [0.1, 0.15) is 25.0 Å². The highest BCUT2D eigenvalue weighted by Gasteiger charge is 2.37. The van der Waals surface area contributed by atoms with Crippen molar-refractivity contribution in [3.8, 4) is 0 Å². The number of rotatable bonds is 2. The fourth-order valence-electron chi connectivity index (χ4n) is 2.86. The predicted octanol–water partition coefficient (Wildman–Crippen LogP) is 2.11. The zero-order valence-corrected chi connectivity index (χ0v) is 9.32. The van der Waals surface area contributed by atoms with E-state index in [4.69, 9.17) is 11.6 Å². The van der Waals surface area contributed by atoms with E-state index in [2.05, 4.69) is 15.1 Å². The lowest BCUT2D eigenvalue weighted by molar-refractivity contribution is 0.202. The third kappa shape index (κ3) is 1.86. The van der Waals surface area contributed by atoms with E-state index in [1.54, 1.807) is 0 Å². The predicted molar refractivity (Wildman–Crippen MR) is 58.6 cm³/mol. The van der Waals surface area contributed by atoms with Crippen LogP contribution in [0.5, 0.6) is 0 Å². The van der Waals surface area contributed by atoms with Gasteiger partial charge in [-0.05, 0) is 37.3 Å². The number of aromatic nitrogens is 2. The van der Waals surface area contributed by atoms with Gasteiger partial charge in [0.1, 0.15) is 0 Å². The van der Waals surface area contributed by atoms with Crippen LogP contribution in [0.15, 0.2) is 12.1 Å². The van der Waals surface area contributed by atoms with Crippen molar-refractivity contribution in [1.29, 1.82) is 0 Å². The van der Waals surface area contributed by atoms with Gasteiger partial charge in [0.05, 0.1) is 5.69 Å². The molecule has 1 aliphatic heterocycles. The van der Waals surface area contributed by atoms with Gasteiger partial charge in [0.15, 0.2) is 5.15 Å². The maximum Gasteiger partial charge on any atom is 0.151 e. The van der Waals surface area contributed by atoms with Gasteiger partial charge in [-0.3, -0.25) is 4.90 Å². The van der Waals surface area contributed by atoms with Crippen molar-refractivity contribution in [2.45, 2.75) is 31.8 Å². The Hall–Kier alpha value is -0.670. The van der Waals surface area contributed by atoms with Gasteiger partial charge in [0.2, 0.25) is 0 Å². The molecule has 1 aromatic heterocycles. The molecule has 0 aromatic carbocycles. The van der Waals surface area contributed by atoms with Gasteiger partial charge < -0.3 is 0 Å². The normalized spacial score (nSPS) is 29.9. The topological polar surface area (TPSA) is 29.0 Å². The number of hydrogen-bond donors (Lipinski definition) is 0. The summed E-state index contributed by atoms with van der Waals surface area (Å²) in [7, 11) is 0. The fraction of sp³-hybridized carbons (Fsp3) is 0.636. The first-order valence-corrected chi connectivity index (χ1v) is 5.91. The number of piperidine rings is 1. The molecule has 2 bridgehead atoms. The summed E-state index contributed by atoms with van der Waals surface area (Å²) < 4.78 is 0. The summed E-state index contributed by atoms with van der Waals surface area (Å²) in [6, 6.07) is 4.59. The molecule has 2 atom stereocenters. The molecule has 80 valence electrons. The van der Waals surface area contributed by atoms with E-state index in [0.29, 0.717) is 5.15 Å². The van der Waals surface area contributed by atoms with Crippen LogP contribution < -0.4 is 0 Å². The second kappa shape index (κ2) is 3.72. The summed E-state index contributed by atoms with van der Waals surface area (Å²) in [4.78, 5) is 2.53. The van der Waals surface area contributed by atoms with Gasteiger partial charge in [-0.2, -0.15) is 5.10 Å². The van der Waals surface area contributed by atoms with E-state index in [-0.39, 0.29) is 0 Å². The van der Waals surface area contributed by atoms with Crippen LogP contribution in [-0.2, 0) is 6.54 Å². The number of fused-ring (bicyclic) bond motifs is 2. The van der Waals surface area contributed by atoms with Crippen molar-refractivity contribution in [1.82, 2.24) is 15.1 Å². The Labute approximate surface area is 94.4 Å². The van der Waals surface area contributed by atoms with Crippen molar-refractivity contribution in [3.05, 3.63) is 23.0 Å². The molecule has 1 aromatic rings. The summed E-state index contributed by atoms with van der Waals surface area (Å²) in [5.74, 6) is 0.940. The second-order valence-corrected chi connectivity index (χ2v) is 5.00. The molecule has 0 amide bonds. The summed E-state index contributed by atoms with van der Waals surface area (Å²) in [5.41, 5.74) is 1.03. The lowest BCUT2D eigenvalue weighted by Crippen LogP contribution is -2.31. The average Bonchev–Trinajstić information content (AvgIpc) is 2.83. The van der Waals surface area contributed by atoms with E-state index in [1.165, 1.54) is 25.8 Å². The first-order chi connectivity index (χ1) is 7.31. The maximum absolute atomic E-state index is 5.70. The average molecular weight is 224 g/mol. The molecule has 2 fully saturated rings. The van der Waals surface area contributed by atoms with Gasteiger partial charge in [-0.15, -0.1) is 5.10 Å². The van der Waals surface area contributed by atoms with Crippen LogP contribution in [0.3, 0.4) is 0 Å². The Morgan fingerprint density at radius 3 is 2.87 bits per heavy atom. The molecule has 0 spiro atoms. The van der Waals surface area contributed by atoms with Gasteiger partial charge in [-0.25, -0.2) is 0 Å². The van der Waals surface area contributed by atoms with E-state index in [0.717, 1.165) is 24.2 Å². The zero-order chi connectivity index (χ0) is 10.3. The zero-order valence-electron chi connectivity index (χ0n) is 8.56. The molecule has 2 unspecified atom stereocenters. The third-order valence-electron chi connectivity index (χ3n) is 3.57. The number of likely N-dealkylation sites (tertiary alicyclic amines) is 1. The van der Waals surface area contributed by atoms with Gasteiger partial charge in [0, 0.05) is 19.1 Å². The van der Waals surface area contributed by atoms with Gasteiger partial charge in [0.25, 0.3) is 0 Å². The first kappa shape index (κ1) is 9.55. The minimum atomic E-state index is 0.474. The monoisotopic (exact) mass is 223 g/mol. The Balaban J connectivity index is 1.68. The number of hydrogen-bond acceptors (Lipinski definition) is 3. The summed E-state index contributed by atoms with van der Waals surface area (Å²) >= 11 is 5.70. The highest BCUT2D eigenvalue weighted by Crippen LogP contribution is 2.37. The molecule has 1 saturated heterocycles. The highest BCUT2D eigenvalue weighted by atomic mass is 35.5. The van der Waals surface area contributed by atoms with E-state index in [1.807, 2.05) is 12.1 Å². The molecule has 3 rings (SSSR count). The van der Waals surface area contributed by atoms with E-state index >= 15 is 0 Å². The van der Waals surface area contributed by atoms with E-state index in [9.17, 15) is 0 Å². The number of nitrogens with zero attached hydrogens (tertiary/aromatic N) is 3. The lowest BCUT2D eigenvalue weighted by Gasteiger charge is -2.25. The molecule has 0 radical (unpaired) electrons. The van der Waals surface area contributed by atoms with Crippen LogP contribution in [0.4, 0.5) is 0 Å². The molecular weight excluding hydrogens is 210 g/mol. The van der Waals surface area contributed by atoms with Crippen LogP contribution in [0.2, 0.25) is 5.15 Å². The van der Waals surface area contributed by atoms with Crippen LogP contribution in [0, 0.1) is 5.92 Å². The Morgan fingerprint density at radius 2 is 2.27 bits per heavy atom. The van der Waals surface area contributed by atoms with Crippen molar-refractivity contribution in [2.24, 2.45) is 5.92 Å². The third-order valence-corrected chi connectivity index (χ3v) is 3.78. The van der Waals surface area contributed by atoms with Crippen molar-refractivity contribution < 1.29 is 0 Å². The van der Waals surface area contributed by atoms with Gasteiger partial charge in [-0.1, -0.05) is 11.6 Å². The molecule has 3 nitrogen and oxygen atoms in total. The van der Waals surface area contributed by atoms with Crippen LogP contribution in [0.25, 0.3) is 0 Å². The Morgan fingerprint density at radius 1 is 1.33 bits per heavy atom. The summed E-state index contributed by atoms with van der Waals surface area (Å²) in [5, 5.41) is 8.45. The molecule has 4 heteroatoms. The molecule has 15 heavy (non-hydrogen) atoms. The van der Waals surface area contributed by atoms with Crippen molar-refractivity contribution in [2.75, 3.05) is 6.54 Å². The summed E-state index contributed by atoms with van der Waals surface area (Å²) in [6.45, 7) is 2.18. The molecule has 2 aliphatic rings. The molecular formula is C11H14ClN3. The fourth-order valence-corrected chi connectivity index (χ4v) is 2.96. The second-order valence-electron chi connectivity index (χ2n) is 4.61. The molecule has 2 heterocycles. The van der Waals surface area contributed by atoms with Crippen LogP contribution >= 0.6 is 11.6 Å². The van der Waals surface area contributed by atoms with Crippen LogP contribution in [-0.4, -0.2) is 27.7 Å². The highest BCUT2D eigenvalue weighted by molar-refractivity contribution is 6.29. The maximum atomic E-state index is 5.70. The number of halogens is 1.